The second-order valence-electron chi connectivity index (χ2n) is 5.93. The molecule has 3 rings (SSSR count). The van der Waals surface area contributed by atoms with Gasteiger partial charge in [-0.1, -0.05) is 6.07 Å². The number of fused-ring (bicyclic) bond motifs is 1. The van der Waals surface area contributed by atoms with E-state index in [0.717, 1.165) is 11.1 Å². The van der Waals surface area contributed by atoms with E-state index in [4.69, 9.17) is 4.74 Å². The van der Waals surface area contributed by atoms with Gasteiger partial charge in [0.1, 0.15) is 5.82 Å². The van der Waals surface area contributed by atoms with Crippen molar-refractivity contribution in [3.05, 3.63) is 35.1 Å². The molecule has 0 radical (unpaired) electrons. The van der Waals surface area contributed by atoms with Crippen LogP contribution in [0.5, 0.6) is 0 Å². The molecule has 1 fully saturated rings. The minimum absolute atomic E-state index is 0.103. The molecule has 1 saturated heterocycles. The number of halogens is 1. The fourth-order valence-electron chi connectivity index (χ4n) is 3.22. The van der Waals surface area contributed by atoms with Crippen molar-refractivity contribution in [2.24, 2.45) is 0 Å². The van der Waals surface area contributed by atoms with Gasteiger partial charge in [0, 0.05) is 25.7 Å². The Morgan fingerprint density at radius 1 is 1.27 bits per heavy atom. The van der Waals surface area contributed by atoms with Crippen LogP contribution in [0.15, 0.2) is 18.2 Å². The second-order valence-corrected chi connectivity index (χ2v) is 7.81. The van der Waals surface area contributed by atoms with E-state index in [-0.39, 0.29) is 18.0 Å². The van der Waals surface area contributed by atoms with Crippen LogP contribution >= 0.6 is 0 Å². The predicted octanol–water partition coefficient (Wildman–Crippen LogP) is 1.71. The predicted molar refractivity (Wildman–Crippen MR) is 81.1 cm³/mol. The van der Waals surface area contributed by atoms with Crippen molar-refractivity contribution < 1.29 is 17.5 Å². The molecular formula is C15H21FN2O3S. The molecule has 2 heterocycles. The lowest BCUT2D eigenvalue weighted by Gasteiger charge is -2.39. The zero-order valence-corrected chi connectivity index (χ0v) is 13.6. The van der Waals surface area contributed by atoms with Gasteiger partial charge in [-0.05, 0) is 43.5 Å². The van der Waals surface area contributed by atoms with Crippen LogP contribution in [0, 0.1) is 5.82 Å². The van der Waals surface area contributed by atoms with E-state index in [1.165, 1.54) is 20.7 Å². The van der Waals surface area contributed by atoms with Gasteiger partial charge in [0.05, 0.1) is 12.7 Å². The van der Waals surface area contributed by atoms with Crippen LogP contribution in [0.4, 0.5) is 4.39 Å². The number of nitrogens with zero attached hydrogens (tertiary/aromatic N) is 2. The molecule has 2 aliphatic rings. The Kier molecular flexibility index (Phi) is 4.24. The number of ether oxygens (including phenoxy) is 1. The summed E-state index contributed by atoms with van der Waals surface area (Å²) >= 11 is 0. The Hall–Kier alpha value is -1.02. The number of rotatable bonds is 2. The van der Waals surface area contributed by atoms with E-state index in [1.807, 2.05) is 13.8 Å². The largest absolute Gasteiger partial charge is 0.376 e. The first kappa shape index (κ1) is 15.9. The zero-order valence-electron chi connectivity index (χ0n) is 12.8. The summed E-state index contributed by atoms with van der Waals surface area (Å²) in [7, 11) is -3.56. The van der Waals surface area contributed by atoms with Crippen molar-refractivity contribution in [1.82, 2.24) is 8.61 Å². The van der Waals surface area contributed by atoms with Crippen molar-refractivity contribution in [3.8, 4) is 0 Å². The molecule has 0 aromatic heterocycles. The molecule has 0 amide bonds. The van der Waals surface area contributed by atoms with Gasteiger partial charge < -0.3 is 4.74 Å². The fourth-order valence-corrected chi connectivity index (χ4v) is 5.06. The maximum atomic E-state index is 13.5. The van der Waals surface area contributed by atoms with Crippen molar-refractivity contribution in [1.29, 1.82) is 0 Å². The monoisotopic (exact) mass is 328 g/mol. The molecule has 22 heavy (non-hydrogen) atoms. The molecule has 0 unspecified atom stereocenters. The second kappa shape index (κ2) is 5.88. The van der Waals surface area contributed by atoms with Crippen LogP contribution in [-0.2, 0) is 21.4 Å². The molecule has 0 bridgehead atoms. The number of benzene rings is 1. The van der Waals surface area contributed by atoms with Gasteiger partial charge in [-0.15, -0.1) is 0 Å². The summed E-state index contributed by atoms with van der Waals surface area (Å²) in [6, 6.07) is 4.27. The summed E-state index contributed by atoms with van der Waals surface area (Å²) in [4.78, 5) is 0. The Morgan fingerprint density at radius 3 is 2.77 bits per heavy atom. The molecule has 2 atom stereocenters. The normalized spacial score (nSPS) is 27.6. The molecule has 0 spiro atoms. The first-order valence-electron chi connectivity index (χ1n) is 7.56. The lowest BCUT2D eigenvalue weighted by atomic mass is 9.95. The first-order chi connectivity index (χ1) is 10.4. The Labute approximate surface area is 130 Å². The van der Waals surface area contributed by atoms with Gasteiger partial charge in [0.25, 0.3) is 10.2 Å². The quantitative estimate of drug-likeness (QED) is 0.830. The van der Waals surface area contributed by atoms with Crippen molar-refractivity contribution in [2.75, 3.05) is 26.2 Å². The lowest BCUT2D eigenvalue weighted by molar-refractivity contribution is 0.00772. The van der Waals surface area contributed by atoms with E-state index >= 15 is 0 Å². The Bertz CT molecular complexity index is 665. The average Bonchev–Trinajstić information content (AvgIpc) is 2.48. The van der Waals surface area contributed by atoms with Gasteiger partial charge in [0.2, 0.25) is 0 Å². The van der Waals surface area contributed by atoms with E-state index < -0.39 is 10.2 Å². The van der Waals surface area contributed by atoms with Gasteiger partial charge in [-0.25, -0.2) is 4.39 Å². The summed E-state index contributed by atoms with van der Waals surface area (Å²) in [5, 5.41) is 0. The van der Waals surface area contributed by atoms with Crippen LogP contribution in [0.25, 0.3) is 0 Å². The third-order valence-electron chi connectivity index (χ3n) is 4.42. The Morgan fingerprint density at radius 2 is 2.05 bits per heavy atom. The van der Waals surface area contributed by atoms with E-state index in [2.05, 4.69) is 0 Å². The molecule has 5 nitrogen and oxygen atoms in total. The number of morpholine rings is 1. The van der Waals surface area contributed by atoms with Crippen molar-refractivity contribution >= 4 is 10.2 Å². The summed E-state index contributed by atoms with van der Waals surface area (Å²) in [6.45, 7) is 5.25. The van der Waals surface area contributed by atoms with Gasteiger partial charge in [-0.2, -0.15) is 17.0 Å². The maximum absolute atomic E-state index is 13.5. The van der Waals surface area contributed by atoms with E-state index in [1.54, 1.807) is 6.07 Å². The SMILES string of the molecule is C[C@H]1CN(S(=O)(=O)N2CCc3ccc(F)cc3[C@@H]2C)CCO1. The summed E-state index contributed by atoms with van der Waals surface area (Å²) in [5.74, 6) is -0.329. The highest BCUT2D eigenvalue weighted by Crippen LogP contribution is 2.33. The summed E-state index contributed by atoms with van der Waals surface area (Å²) in [5.41, 5.74) is 1.78. The fraction of sp³-hybridized carbons (Fsp3) is 0.600. The zero-order chi connectivity index (χ0) is 15.9. The third kappa shape index (κ3) is 2.78. The lowest BCUT2D eigenvalue weighted by Crippen LogP contribution is -2.52. The maximum Gasteiger partial charge on any atom is 0.282 e. The summed E-state index contributed by atoms with van der Waals surface area (Å²) in [6.07, 6.45) is 0.507. The minimum Gasteiger partial charge on any atom is -0.376 e. The van der Waals surface area contributed by atoms with Crippen LogP contribution in [0.1, 0.15) is 31.0 Å². The standard InChI is InChI=1S/C15H21FN2O3S/c1-11-10-17(7-8-21-11)22(19,20)18-6-5-13-3-4-14(16)9-15(13)12(18)2/h3-4,9,11-12H,5-8,10H2,1-2H3/t11-,12-/m0/s1. The average molecular weight is 328 g/mol. The molecule has 0 aliphatic carbocycles. The third-order valence-corrected chi connectivity index (χ3v) is 6.49. The molecule has 2 aliphatic heterocycles. The van der Waals surface area contributed by atoms with Crippen molar-refractivity contribution in [3.63, 3.8) is 0 Å². The van der Waals surface area contributed by atoms with Crippen molar-refractivity contribution in [2.45, 2.75) is 32.4 Å². The number of hydrogen-bond acceptors (Lipinski definition) is 3. The topological polar surface area (TPSA) is 49.9 Å². The van der Waals surface area contributed by atoms with Crippen LogP contribution in [0.2, 0.25) is 0 Å². The van der Waals surface area contributed by atoms with Gasteiger partial charge in [-0.3, -0.25) is 0 Å². The highest BCUT2D eigenvalue weighted by atomic mass is 32.2. The first-order valence-corrected chi connectivity index (χ1v) is 8.96. The van der Waals surface area contributed by atoms with E-state index in [0.29, 0.717) is 32.7 Å². The molecule has 1 aromatic rings. The van der Waals surface area contributed by atoms with Gasteiger partial charge in [0.15, 0.2) is 0 Å². The summed E-state index contributed by atoms with van der Waals surface area (Å²) < 4.78 is 47.7. The molecule has 1 aromatic carbocycles. The van der Waals surface area contributed by atoms with Gasteiger partial charge >= 0.3 is 0 Å². The highest BCUT2D eigenvalue weighted by Gasteiger charge is 2.38. The Balaban J connectivity index is 1.89. The van der Waals surface area contributed by atoms with Crippen LogP contribution in [0.3, 0.4) is 0 Å². The minimum atomic E-state index is -3.56. The highest BCUT2D eigenvalue weighted by molar-refractivity contribution is 7.86. The molecule has 0 saturated carbocycles. The molecular weight excluding hydrogens is 307 g/mol. The van der Waals surface area contributed by atoms with Crippen LogP contribution in [-0.4, -0.2) is 49.4 Å². The number of hydrogen-bond donors (Lipinski definition) is 0. The molecule has 7 heteroatoms. The smallest absolute Gasteiger partial charge is 0.282 e. The van der Waals surface area contributed by atoms with Crippen LogP contribution < -0.4 is 0 Å². The molecule has 122 valence electrons. The molecule has 0 N–H and O–H groups in total. The van der Waals surface area contributed by atoms with E-state index in [9.17, 15) is 12.8 Å².